The van der Waals surface area contributed by atoms with Gasteiger partial charge in [0.1, 0.15) is 10.7 Å². The highest BCUT2D eigenvalue weighted by atomic mass is 32.1. The summed E-state index contributed by atoms with van der Waals surface area (Å²) in [5.74, 6) is 0.315. The van der Waals surface area contributed by atoms with E-state index < -0.39 is 0 Å². The molecule has 0 unspecified atom stereocenters. The fraction of sp³-hybridized carbons (Fsp3) is 0.692. The van der Waals surface area contributed by atoms with Crippen LogP contribution >= 0.6 is 11.3 Å². The quantitative estimate of drug-likeness (QED) is 0.871. The van der Waals surface area contributed by atoms with E-state index >= 15 is 0 Å². The van der Waals surface area contributed by atoms with Crippen molar-refractivity contribution in [3.8, 4) is 0 Å². The third-order valence-electron chi connectivity index (χ3n) is 2.95. The van der Waals surface area contributed by atoms with Gasteiger partial charge in [-0.2, -0.15) is 0 Å². The maximum absolute atomic E-state index is 12.4. The molecule has 1 rings (SSSR count). The van der Waals surface area contributed by atoms with Crippen molar-refractivity contribution in [2.24, 2.45) is 0 Å². The molecule has 0 aliphatic heterocycles. The molecule has 19 heavy (non-hydrogen) atoms. The number of anilines is 2. The largest absolute Gasteiger partial charge is 0.382 e. The lowest BCUT2D eigenvalue weighted by molar-refractivity contribution is 0.0722. The van der Waals surface area contributed by atoms with E-state index in [4.69, 9.17) is 5.73 Å². The summed E-state index contributed by atoms with van der Waals surface area (Å²) in [6.07, 6.45) is 1.03. The number of carbonyl (C=O) groups is 1. The highest BCUT2D eigenvalue weighted by Crippen LogP contribution is 2.29. The molecule has 0 atom stereocenters. The minimum absolute atomic E-state index is 0.0244. The van der Waals surface area contributed by atoms with E-state index in [2.05, 4.69) is 11.9 Å². The van der Waals surface area contributed by atoms with Crippen molar-refractivity contribution in [3.63, 3.8) is 0 Å². The Labute approximate surface area is 119 Å². The zero-order chi connectivity index (χ0) is 14.6. The maximum atomic E-state index is 12.4. The van der Waals surface area contributed by atoms with Crippen LogP contribution in [-0.4, -0.2) is 42.0 Å². The zero-order valence-electron chi connectivity index (χ0n) is 12.4. The normalized spacial score (nSPS) is 10.8. The molecule has 5 nitrogen and oxygen atoms in total. The number of nitrogens with two attached hydrogens (primary N) is 1. The fourth-order valence-corrected chi connectivity index (χ4v) is 2.87. The van der Waals surface area contributed by atoms with E-state index in [-0.39, 0.29) is 11.9 Å². The Morgan fingerprint density at radius 3 is 2.53 bits per heavy atom. The van der Waals surface area contributed by atoms with Crippen molar-refractivity contribution < 1.29 is 4.79 Å². The first-order valence-corrected chi connectivity index (χ1v) is 7.52. The maximum Gasteiger partial charge on any atom is 0.268 e. The van der Waals surface area contributed by atoms with Crippen molar-refractivity contribution in [2.45, 2.75) is 40.2 Å². The summed E-state index contributed by atoms with van der Waals surface area (Å²) in [7, 11) is 1.97. The van der Waals surface area contributed by atoms with Gasteiger partial charge < -0.3 is 15.5 Å². The van der Waals surface area contributed by atoms with Gasteiger partial charge in [0.15, 0.2) is 5.13 Å². The highest BCUT2D eigenvalue weighted by molar-refractivity contribution is 7.18. The van der Waals surface area contributed by atoms with Crippen molar-refractivity contribution in [2.75, 3.05) is 30.8 Å². The summed E-state index contributed by atoms with van der Waals surface area (Å²) in [6, 6.07) is 0.163. The number of nitrogen functional groups attached to an aromatic ring is 1. The third-order valence-corrected chi connectivity index (χ3v) is 4.12. The van der Waals surface area contributed by atoms with E-state index in [0.717, 1.165) is 18.1 Å². The number of hydrogen-bond acceptors (Lipinski definition) is 5. The van der Waals surface area contributed by atoms with Crippen LogP contribution in [0.2, 0.25) is 0 Å². The van der Waals surface area contributed by atoms with Crippen LogP contribution in [-0.2, 0) is 0 Å². The lowest BCUT2D eigenvalue weighted by atomic mass is 10.3. The average Bonchev–Trinajstić information content (AvgIpc) is 2.72. The molecule has 1 aromatic rings. The minimum Gasteiger partial charge on any atom is -0.382 e. The van der Waals surface area contributed by atoms with Gasteiger partial charge in [0, 0.05) is 26.2 Å². The van der Waals surface area contributed by atoms with Crippen LogP contribution in [0.25, 0.3) is 0 Å². The summed E-state index contributed by atoms with van der Waals surface area (Å²) in [4.78, 5) is 21.1. The van der Waals surface area contributed by atoms with Crippen LogP contribution in [0.5, 0.6) is 0 Å². The molecule has 0 aliphatic rings. The van der Waals surface area contributed by atoms with Crippen molar-refractivity contribution in [1.82, 2.24) is 9.88 Å². The van der Waals surface area contributed by atoms with Gasteiger partial charge in [0.2, 0.25) is 0 Å². The van der Waals surface area contributed by atoms with Gasteiger partial charge in [-0.15, -0.1) is 0 Å². The molecule has 0 spiro atoms. The highest BCUT2D eigenvalue weighted by Gasteiger charge is 2.23. The van der Waals surface area contributed by atoms with Crippen LogP contribution in [0.1, 0.15) is 43.8 Å². The van der Waals surface area contributed by atoms with Gasteiger partial charge in [0.25, 0.3) is 5.91 Å². The molecular weight excluding hydrogens is 260 g/mol. The van der Waals surface area contributed by atoms with E-state index in [1.54, 1.807) is 4.90 Å². The minimum atomic E-state index is -0.0244. The molecular formula is C13H24N4OS. The molecule has 1 heterocycles. The zero-order valence-corrected chi connectivity index (χ0v) is 13.3. The Hall–Kier alpha value is -1.30. The van der Waals surface area contributed by atoms with Crippen LogP contribution < -0.4 is 10.6 Å². The van der Waals surface area contributed by atoms with Gasteiger partial charge in [-0.1, -0.05) is 18.3 Å². The molecule has 0 saturated heterocycles. The number of amides is 1. The smallest absolute Gasteiger partial charge is 0.268 e. The summed E-state index contributed by atoms with van der Waals surface area (Å²) in [5.41, 5.74) is 5.89. The number of aromatic nitrogens is 1. The molecule has 6 heteroatoms. The third kappa shape index (κ3) is 3.59. The van der Waals surface area contributed by atoms with E-state index in [9.17, 15) is 4.79 Å². The van der Waals surface area contributed by atoms with Crippen LogP contribution in [0.15, 0.2) is 0 Å². The van der Waals surface area contributed by atoms with Crippen molar-refractivity contribution >= 4 is 28.2 Å². The van der Waals surface area contributed by atoms with Gasteiger partial charge in [0.05, 0.1) is 0 Å². The Bertz CT molecular complexity index is 430. The van der Waals surface area contributed by atoms with E-state index in [1.165, 1.54) is 11.3 Å². The van der Waals surface area contributed by atoms with Gasteiger partial charge >= 0.3 is 0 Å². The first-order valence-electron chi connectivity index (χ1n) is 6.70. The second kappa shape index (κ2) is 6.75. The monoisotopic (exact) mass is 284 g/mol. The lowest BCUT2D eigenvalue weighted by Gasteiger charge is -2.24. The summed E-state index contributed by atoms with van der Waals surface area (Å²) < 4.78 is 0. The van der Waals surface area contributed by atoms with Crippen LogP contribution in [0.4, 0.5) is 10.9 Å². The molecule has 0 bridgehead atoms. The lowest BCUT2D eigenvalue weighted by Crippen LogP contribution is -2.36. The Balaban J connectivity index is 2.98. The molecule has 0 aliphatic carbocycles. The van der Waals surface area contributed by atoms with Gasteiger partial charge in [-0.05, 0) is 27.2 Å². The van der Waals surface area contributed by atoms with Crippen molar-refractivity contribution in [1.29, 1.82) is 0 Å². The van der Waals surface area contributed by atoms with Crippen molar-refractivity contribution in [3.05, 3.63) is 4.88 Å². The number of thiazole rings is 1. The fourth-order valence-electron chi connectivity index (χ4n) is 1.94. The molecule has 1 aromatic heterocycles. The molecule has 108 valence electrons. The standard InChI is InChI=1S/C13H24N4OS/c1-6-8-16(5)13-15-11(14)10(19-13)12(18)17(7-2)9(3)4/h9H,6-8,14H2,1-5H3. The van der Waals surface area contributed by atoms with E-state index in [0.29, 0.717) is 17.2 Å². The number of rotatable bonds is 6. The Kier molecular flexibility index (Phi) is 5.60. The summed E-state index contributed by atoms with van der Waals surface area (Å²) >= 11 is 1.38. The molecule has 0 aromatic carbocycles. The Morgan fingerprint density at radius 2 is 2.05 bits per heavy atom. The second-order valence-corrected chi connectivity index (χ2v) is 5.79. The molecule has 0 fully saturated rings. The van der Waals surface area contributed by atoms with Gasteiger partial charge in [-0.3, -0.25) is 4.79 Å². The molecule has 0 saturated carbocycles. The number of hydrogen-bond donors (Lipinski definition) is 1. The summed E-state index contributed by atoms with van der Waals surface area (Å²) in [5, 5.41) is 0.808. The van der Waals surface area contributed by atoms with Crippen LogP contribution in [0, 0.1) is 0 Å². The first kappa shape index (κ1) is 15.8. The van der Waals surface area contributed by atoms with E-state index in [1.807, 2.05) is 32.7 Å². The topological polar surface area (TPSA) is 62.5 Å². The Morgan fingerprint density at radius 1 is 1.42 bits per heavy atom. The molecule has 1 amide bonds. The molecule has 2 N–H and O–H groups in total. The average molecular weight is 284 g/mol. The first-order chi connectivity index (χ1) is 8.92. The van der Waals surface area contributed by atoms with Gasteiger partial charge in [-0.25, -0.2) is 4.98 Å². The second-order valence-electron chi connectivity index (χ2n) is 4.82. The summed E-state index contributed by atoms with van der Waals surface area (Å²) in [6.45, 7) is 9.66. The molecule has 0 radical (unpaired) electrons. The SMILES string of the molecule is CCCN(C)c1nc(N)c(C(=O)N(CC)C(C)C)s1. The predicted octanol–water partition coefficient (Wildman–Crippen LogP) is 2.44. The van der Waals surface area contributed by atoms with Crippen LogP contribution in [0.3, 0.4) is 0 Å². The number of nitrogens with zero attached hydrogens (tertiary/aromatic N) is 3. The predicted molar refractivity (Wildman–Crippen MR) is 81.9 cm³/mol. The number of carbonyl (C=O) groups excluding carboxylic acids is 1.